The second-order valence-electron chi connectivity index (χ2n) is 0.816. The molecule has 0 aliphatic heterocycles. The van der Waals surface area contributed by atoms with Gasteiger partial charge in [-0.05, 0) is 0 Å². The molecule has 0 fully saturated rings. The van der Waals surface area contributed by atoms with E-state index in [1.54, 1.807) is 0 Å². The van der Waals surface area contributed by atoms with Crippen LogP contribution < -0.4 is 44.6 Å². The molecule has 0 aliphatic rings. The van der Waals surface area contributed by atoms with Crippen LogP contribution in [0.3, 0.4) is 0 Å². The summed E-state index contributed by atoms with van der Waals surface area (Å²) in [7, 11) is 0. The monoisotopic (exact) mass is 677 g/mol. The summed E-state index contributed by atoms with van der Waals surface area (Å²) in [6.07, 6.45) is 0. The van der Waals surface area contributed by atoms with Crippen LogP contribution >= 0.6 is 0 Å². The Labute approximate surface area is 129 Å². The first-order valence-electron chi connectivity index (χ1n) is 1.33. The zero-order chi connectivity index (χ0) is 9.00. The normalized spacial score (nSPS) is 9.67. The number of hydrogen-bond acceptors (Lipinski definition) is 8. The van der Waals surface area contributed by atoms with Gasteiger partial charge in [-0.25, -0.2) is 0 Å². The summed E-state index contributed by atoms with van der Waals surface area (Å²) in [6.45, 7) is 0. The third kappa shape index (κ3) is 234. The summed E-state index contributed by atoms with van der Waals surface area (Å²) in [4.78, 5) is 0. The minimum absolute atomic E-state index is 0. The van der Waals surface area contributed by atoms with Gasteiger partial charge in [-0.3, -0.25) is 0 Å². The zero-order valence-corrected chi connectivity index (χ0v) is 15.6. The van der Waals surface area contributed by atoms with Gasteiger partial charge in [0.15, 0.2) is 0 Å². The standard InChI is InChI=1S/Gd.Na.8O.2W/q+3;+1;;;;;4*-1;;. The Bertz CT molecular complexity index is 213. The van der Waals surface area contributed by atoms with Gasteiger partial charge in [0.05, 0.1) is 0 Å². The Balaban J connectivity index is -0.0000000457. The summed E-state index contributed by atoms with van der Waals surface area (Å²) in [5.41, 5.74) is 0. The van der Waals surface area contributed by atoms with E-state index in [1.807, 2.05) is 0 Å². The minimum atomic E-state index is -6.17. The van der Waals surface area contributed by atoms with Crippen molar-refractivity contribution in [1.82, 2.24) is 0 Å². The van der Waals surface area contributed by atoms with Crippen LogP contribution in [0.25, 0.3) is 0 Å². The molecular weight excluding hydrogens is 676 g/mol. The van der Waals surface area contributed by atoms with Gasteiger partial charge in [-0.2, -0.15) is 0 Å². The van der Waals surface area contributed by atoms with Crippen LogP contribution in [0.15, 0.2) is 0 Å². The van der Waals surface area contributed by atoms with Crippen LogP contribution in [-0.4, -0.2) is 0 Å². The fourth-order valence-electron chi connectivity index (χ4n) is 0. The van der Waals surface area contributed by atoms with E-state index in [4.69, 9.17) is 28.6 Å². The van der Waals surface area contributed by atoms with Crippen molar-refractivity contribution in [2.45, 2.75) is 0 Å². The van der Waals surface area contributed by atoms with Crippen LogP contribution in [0.1, 0.15) is 0 Å². The van der Waals surface area contributed by atoms with E-state index >= 15 is 0 Å². The van der Waals surface area contributed by atoms with Gasteiger partial charge < -0.3 is 0 Å². The average Bonchev–Trinajstić information content (AvgIpc) is 1.12. The molecule has 0 rings (SSSR count). The molecule has 0 saturated heterocycles. The summed E-state index contributed by atoms with van der Waals surface area (Å²) in [6, 6.07) is 0. The molecule has 0 bridgehead atoms. The van der Waals surface area contributed by atoms with E-state index in [9.17, 15) is 0 Å². The molecule has 0 amide bonds. The number of hydrogen-bond donors (Lipinski definition) is 0. The van der Waals surface area contributed by atoms with Crippen LogP contribution in [0.5, 0.6) is 0 Å². The summed E-state index contributed by atoms with van der Waals surface area (Å²) < 4.78 is 69.2. The van der Waals surface area contributed by atoms with Crippen molar-refractivity contribution >= 4 is 0 Å². The molecular formula is GdNaO8W2. The quantitative estimate of drug-likeness (QED) is 0.229. The predicted molar refractivity (Wildman–Crippen MR) is 2.75 cm³/mol. The molecule has 0 spiro atoms. The molecule has 0 aromatic carbocycles. The van der Waals surface area contributed by atoms with Crippen molar-refractivity contribution in [3.05, 3.63) is 0 Å². The van der Waals surface area contributed by atoms with Crippen LogP contribution in [-0.2, 0) is 47.1 Å². The third-order valence-corrected chi connectivity index (χ3v) is 0. The van der Waals surface area contributed by atoms with Crippen molar-refractivity contribution in [3.63, 3.8) is 0 Å². The van der Waals surface area contributed by atoms with Crippen molar-refractivity contribution in [2.24, 2.45) is 0 Å². The fourth-order valence-corrected chi connectivity index (χ4v) is 0. The molecule has 0 saturated carbocycles. The fraction of sp³-hybridized carbons (Fsp3) is 0. The van der Waals surface area contributed by atoms with E-state index in [0.717, 1.165) is 0 Å². The molecule has 0 aliphatic carbocycles. The van der Waals surface area contributed by atoms with Crippen LogP contribution in [0, 0.1) is 39.9 Å². The molecule has 0 aromatic rings. The maximum atomic E-state index is 8.65. The van der Waals surface area contributed by atoms with Crippen molar-refractivity contribution in [2.75, 3.05) is 0 Å². The first-order chi connectivity index (χ1) is 4.00. The van der Waals surface area contributed by atoms with E-state index < -0.39 is 33.5 Å². The number of rotatable bonds is 0. The first kappa shape index (κ1) is 24.1. The van der Waals surface area contributed by atoms with Gasteiger partial charge >= 0.3 is 132 Å². The van der Waals surface area contributed by atoms with Crippen LogP contribution in [0.2, 0.25) is 0 Å². The summed E-state index contributed by atoms with van der Waals surface area (Å²) >= 11 is -12.3. The summed E-state index contributed by atoms with van der Waals surface area (Å²) in [5.74, 6) is 0. The van der Waals surface area contributed by atoms with E-state index in [0.29, 0.717) is 0 Å². The van der Waals surface area contributed by atoms with Gasteiger partial charge in [0.25, 0.3) is 0 Å². The molecule has 0 atom stereocenters. The molecule has 12 heteroatoms. The second-order valence-corrected chi connectivity index (χ2v) is 6.68. The van der Waals surface area contributed by atoms with E-state index in [2.05, 4.69) is 0 Å². The first-order valence-corrected chi connectivity index (χ1v) is 10.9. The molecule has 0 unspecified atom stereocenters. The second kappa shape index (κ2) is 10.3. The molecule has 8 nitrogen and oxygen atoms in total. The Morgan fingerprint density at radius 1 is 0.667 bits per heavy atom. The maximum absolute atomic E-state index is 8.65. The van der Waals surface area contributed by atoms with Gasteiger partial charge in [0.1, 0.15) is 0 Å². The molecule has 69 valence electrons. The van der Waals surface area contributed by atoms with Crippen LogP contribution in [0.4, 0.5) is 0 Å². The van der Waals surface area contributed by atoms with E-state index in [-0.39, 0.29) is 69.5 Å². The van der Waals surface area contributed by atoms with Gasteiger partial charge in [0, 0.05) is 0 Å². The van der Waals surface area contributed by atoms with Gasteiger partial charge in [0.2, 0.25) is 0 Å². The molecule has 0 N–H and O–H groups in total. The zero-order valence-electron chi connectivity index (χ0n) is 5.44. The van der Waals surface area contributed by atoms with Crippen molar-refractivity contribution in [3.8, 4) is 0 Å². The average molecular weight is 676 g/mol. The van der Waals surface area contributed by atoms with Gasteiger partial charge in [-0.15, -0.1) is 0 Å². The molecule has 1 radical (unpaired) electrons. The summed E-state index contributed by atoms with van der Waals surface area (Å²) in [5, 5.41) is 0. The van der Waals surface area contributed by atoms with E-state index in [1.165, 1.54) is 0 Å². The Morgan fingerprint density at radius 3 is 0.667 bits per heavy atom. The van der Waals surface area contributed by atoms with Crippen molar-refractivity contribution in [1.29, 1.82) is 0 Å². The molecule has 12 heavy (non-hydrogen) atoms. The molecule has 0 aromatic heterocycles. The Kier molecular flexibility index (Phi) is 20.6. The van der Waals surface area contributed by atoms with Gasteiger partial charge in [-0.1, -0.05) is 0 Å². The Hall–Kier alpha value is 2.74. The molecule has 0 heterocycles. The Morgan fingerprint density at radius 2 is 0.667 bits per heavy atom. The topological polar surface area (TPSA) is 161 Å². The third-order valence-electron chi connectivity index (χ3n) is 0. The predicted octanol–water partition coefficient (Wildman–Crippen LogP) is -8.23. The van der Waals surface area contributed by atoms with Crippen molar-refractivity contribution < 1.29 is 132 Å². The SMILES string of the molecule is [Gd+3].[Na+].[O]=[W](=[O])([O-])[O-].[O]=[W](=[O])([O-])[O-].